The Morgan fingerprint density at radius 2 is 1.94 bits per heavy atom. The Hall–Kier alpha value is -0.620. The fraction of sp³-hybridized carbons (Fsp3) is 0.417. The number of hydrogen-bond acceptors (Lipinski definition) is 3. The molecule has 1 aliphatic rings. The molecule has 6 heteroatoms. The van der Waals surface area contributed by atoms with Crippen LogP contribution in [0.5, 0.6) is 0 Å². The first-order chi connectivity index (χ1) is 8.50. The monoisotopic (exact) mass is 292 g/mol. The second-order valence-corrected chi connectivity index (χ2v) is 6.30. The maximum Gasteiger partial charge on any atom is 0.417 e. The average molecular weight is 292 g/mol. The number of Topliss-reactive ketones (excluding diaryl/α,β-unsaturated/α-hetero) is 1. The Morgan fingerprint density at radius 1 is 1.22 bits per heavy atom. The molecule has 98 valence electrons. The lowest BCUT2D eigenvalue weighted by Crippen LogP contribution is -2.26. The molecular formula is C12H11F3OS2. The van der Waals surface area contributed by atoms with Crippen LogP contribution >= 0.6 is 23.5 Å². The summed E-state index contributed by atoms with van der Waals surface area (Å²) in [6.07, 6.45) is -4.47. The first-order valence-corrected chi connectivity index (χ1v) is 7.60. The summed E-state index contributed by atoms with van der Waals surface area (Å²) < 4.78 is 38.4. The van der Waals surface area contributed by atoms with Crippen molar-refractivity contribution in [3.63, 3.8) is 0 Å². The SMILES string of the molecule is O=C(c1ccccc1C(F)(F)F)C1CSCCS1. The number of rotatable bonds is 2. The third-order valence-electron chi connectivity index (χ3n) is 2.61. The lowest BCUT2D eigenvalue weighted by atomic mass is 10.0. The quantitative estimate of drug-likeness (QED) is 0.773. The molecule has 1 aromatic rings. The van der Waals surface area contributed by atoms with Gasteiger partial charge in [0.05, 0.1) is 10.8 Å². The summed E-state index contributed by atoms with van der Waals surface area (Å²) in [6, 6.07) is 5.02. The summed E-state index contributed by atoms with van der Waals surface area (Å²) in [5, 5.41) is -0.354. The van der Waals surface area contributed by atoms with E-state index in [9.17, 15) is 18.0 Å². The van der Waals surface area contributed by atoms with Crippen LogP contribution in [0.2, 0.25) is 0 Å². The number of carbonyl (C=O) groups is 1. The van der Waals surface area contributed by atoms with E-state index < -0.39 is 17.5 Å². The molecule has 1 unspecified atom stereocenters. The van der Waals surface area contributed by atoms with Crippen molar-refractivity contribution in [2.24, 2.45) is 0 Å². The van der Waals surface area contributed by atoms with Gasteiger partial charge in [-0.1, -0.05) is 18.2 Å². The number of carbonyl (C=O) groups excluding carboxylic acids is 1. The van der Waals surface area contributed by atoms with Gasteiger partial charge in [0.1, 0.15) is 0 Å². The maximum absolute atomic E-state index is 12.8. The highest BCUT2D eigenvalue weighted by Gasteiger charge is 2.36. The van der Waals surface area contributed by atoms with Crippen molar-refractivity contribution < 1.29 is 18.0 Å². The zero-order valence-corrected chi connectivity index (χ0v) is 11.0. The number of hydrogen-bond donors (Lipinski definition) is 0. The Balaban J connectivity index is 2.30. The van der Waals surface area contributed by atoms with E-state index in [1.165, 1.54) is 30.0 Å². The molecule has 1 aromatic carbocycles. The van der Waals surface area contributed by atoms with Crippen LogP contribution in [0.4, 0.5) is 13.2 Å². The van der Waals surface area contributed by atoms with Gasteiger partial charge in [0.15, 0.2) is 5.78 Å². The third kappa shape index (κ3) is 3.03. The van der Waals surface area contributed by atoms with Gasteiger partial charge in [0, 0.05) is 22.8 Å². The molecule has 0 radical (unpaired) electrons. The predicted octanol–water partition coefficient (Wildman–Crippen LogP) is 3.74. The van der Waals surface area contributed by atoms with E-state index in [1.807, 2.05) is 0 Å². The molecule has 0 bridgehead atoms. The molecule has 1 fully saturated rings. The Kier molecular flexibility index (Phi) is 4.27. The molecule has 0 aliphatic carbocycles. The largest absolute Gasteiger partial charge is 0.417 e. The minimum absolute atomic E-state index is 0.204. The number of benzene rings is 1. The predicted molar refractivity (Wildman–Crippen MR) is 69.3 cm³/mol. The van der Waals surface area contributed by atoms with E-state index in [0.29, 0.717) is 5.75 Å². The molecule has 2 rings (SSSR count). The van der Waals surface area contributed by atoms with Crippen molar-refractivity contribution in [1.29, 1.82) is 0 Å². The summed E-state index contributed by atoms with van der Waals surface area (Å²) in [5.41, 5.74) is -1.03. The van der Waals surface area contributed by atoms with Crippen LogP contribution in [0.25, 0.3) is 0 Å². The second-order valence-electron chi connectivity index (χ2n) is 3.84. The highest BCUT2D eigenvalue weighted by Crippen LogP contribution is 2.34. The van der Waals surface area contributed by atoms with E-state index >= 15 is 0 Å². The lowest BCUT2D eigenvalue weighted by Gasteiger charge is -2.21. The van der Waals surface area contributed by atoms with Gasteiger partial charge in [-0.2, -0.15) is 24.9 Å². The van der Waals surface area contributed by atoms with E-state index in [1.54, 1.807) is 11.8 Å². The fourth-order valence-corrected chi connectivity index (χ4v) is 4.38. The molecule has 0 N–H and O–H groups in total. The Labute approximate surface area is 112 Å². The lowest BCUT2D eigenvalue weighted by molar-refractivity contribution is -0.137. The molecule has 1 atom stereocenters. The van der Waals surface area contributed by atoms with Crippen molar-refractivity contribution in [3.8, 4) is 0 Å². The van der Waals surface area contributed by atoms with Gasteiger partial charge < -0.3 is 0 Å². The maximum atomic E-state index is 12.8. The number of thioether (sulfide) groups is 2. The summed E-state index contributed by atoms with van der Waals surface area (Å²) in [7, 11) is 0. The molecule has 1 saturated heterocycles. The molecule has 0 spiro atoms. The summed E-state index contributed by atoms with van der Waals surface area (Å²) >= 11 is 3.06. The van der Waals surface area contributed by atoms with E-state index in [2.05, 4.69) is 0 Å². The van der Waals surface area contributed by atoms with Crippen molar-refractivity contribution >= 4 is 29.3 Å². The zero-order valence-electron chi connectivity index (χ0n) is 9.37. The van der Waals surface area contributed by atoms with E-state index in [0.717, 1.165) is 17.6 Å². The van der Waals surface area contributed by atoms with Gasteiger partial charge in [0.2, 0.25) is 0 Å². The Morgan fingerprint density at radius 3 is 2.56 bits per heavy atom. The summed E-state index contributed by atoms with van der Waals surface area (Å²) in [4.78, 5) is 12.1. The van der Waals surface area contributed by atoms with Gasteiger partial charge in [-0.3, -0.25) is 4.79 Å². The van der Waals surface area contributed by atoms with Crippen molar-refractivity contribution in [2.75, 3.05) is 17.3 Å². The summed E-state index contributed by atoms with van der Waals surface area (Å²) in [5.74, 6) is 1.96. The smallest absolute Gasteiger partial charge is 0.293 e. The first kappa shape index (κ1) is 13.8. The highest BCUT2D eigenvalue weighted by molar-refractivity contribution is 8.07. The van der Waals surface area contributed by atoms with Crippen LogP contribution in [0.3, 0.4) is 0 Å². The number of halogens is 3. The minimum Gasteiger partial charge on any atom is -0.293 e. The van der Waals surface area contributed by atoms with Crippen molar-refractivity contribution in [2.45, 2.75) is 11.4 Å². The normalized spacial score (nSPS) is 20.7. The molecular weight excluding hydrogens is 281 g/mol. The van der Waals surface area contributed by atoms with Crippen LogP contribution in [-0.2, 0) is 6.18 Å². The standard InChI is InChI=1S/C12H11F3OS2/c13-12(14,15)9-4-2-1-3-8(9)11(16)10-7-17-5-6-18-10/h1-4,10H,5-7H2. The molecule has 1 nitrogen and oxygen atoms in total. The molecule has 0 amide bonds. The van der Waals surface area contributed by atoms with Crippen molar-refractivity contribution in [1.82, 2.24) is 0 Å². The van der Waals surface area contributed by atoms with Crippen LogP contribution < -0.4 is 0 Å². The van der Waals surface area contributed by atoms with Gasteiger partial charge in [0.25, 0.3) is 0 Å². The van der Waals surface area contributed by atoms with Gasteiger partial charge in [-0.15, -0.1) is 11.8 Å². The van der Waals surface area contributed by atoms with E-state index in [-0.39, 0.29) is 10.8 Å². The van der Waals surface area contributed by atoms with Crippen molar-refractivity contribution in [3.05, 3.63) is 35.4 Å². The van der Waals surface area contributed by atoms with Crippen LogP contribution in [0.1, 0.15) is 15.9 Å². The molecule has 0 saturated carbocycles. The van der Waals surface area contributed by atoms with Gasteiger partial charge >= 0.3 is 6.18 Å². The third-order valence-corrected chi connectivity index (χ3v) is 5.36. The topological polar surface area (TPSA) is 17.1 Å². The fourth-order valence-electron chi connectivity index (χ4n) is 1.76. The number of alkyl halides is 3. The average Bonchev–Trinajstić information content (AvgIpc) is 2.38. The second kappa shape index (κ2) is 5.57. The molecule has 18 heavy (non-hydrogen) atoms. The van der Waals surface area contributed by atoms with E-state index in [4.69, 9.17) is 0 Å². The minimum atomic E-state index is -4.47. The zero-order chi connectivity index (χ0) is 13.2. The Bertz CT molecular complexity index is 439. The van der Waals surface area contributed by atoms with Crippen LogP contribution in [0.15, 0.2) is 24.3 Å². The highest BCUT2D eigenvalue weighted by atomic mass is 32.2. The first-order valence-electron chi connectivity index (χ1n) is 5.40. The molecule has 0 aromatic heterocycles. The van der Waals surface area contributed by atoms with Gasteiger partial charge in [-0.05, 0) is 6.07 Å². The molecule has 1 heterocycles. The summed E-state index contributed by atoms with van der Waals surface area (Å²) in [6.45, 7) is 0. The number of ketones is 1. The molecule has 1 aliphatic heterocycles. The van der Waals surface area contributed by atoms with Crippen LogP contribution in [-0.4, -0.2) is 28.3 Å². The van der Waals surface area contributed by atoms with Crippen LogP contribution in [0, 0.1) is 0 Å². The van der Waals surface area contributed by atoms with Gasteiger partial charge in [-0.25, -0.2) is 0 Å².